The second kappa shape index (κ2) is 5.84. The first-order chi connectivity index (χ1) is 9.61. The molecule has 0 amide bonds. The minimum atomic E-state index is -1.05. The maximum Gasteiger partial charge on any atom is 0.328 e. The molecule has 2 aromatic rings. The Morgan fingerprint density at radius 1 is 1.35 bits per heavy atom. The van der Waals surface area contributed by atoms with Gasteiger partial charge in [-0.05, 0) is 12.1 Å². The molecule has 20 heavy (non-hydrogen) atoms. The molecule has 1 N–H and O–H groups in total. The van der Waals surface area contributed by atoms with Crippen molar-refractivity contribution in [1.29, 1.82) is 5.26 Å². The predicted octanol–water partition coefficient (Wildman–Crippen LogP) is 0.626. The number of para-hydroxylation sites is 1. The van der Waals surface area contributed by atoms with E-state index >= 15 is 0 Å². The molecule has 0 bridgehead atoms. The lowest BCUT2D eigenvalue weighted by molar-refractivity contribution is 0.293. The van der Waals surface area contributed by atoms with Crippen LogP contribution in [0.1, 0.15) is 5.56 Å². The largest absolute Gasteiger partial charge is 0.490 e. The van der Waals surface area contributed by atoms with Crippen molar-refractivity contribution in [2.75, 3.05) is 6.61 Å². The summed E-state index contributed by atoms with van der Waals surface area (Å²) in [6, 6.07) is 8.60. The molecule has 2 rings (SSSR count). The van der Waals surface area contributed by atoms with Crippen LogP contribution in [-0.2, 0) is 6.54 Å². The molecule has 0 saturated heterocycles. The van der Waals surface area contributed by atoms with Gasteiger partial charge in [-0.1, -0.05) is 12.1 Å². The van der Waals surface area contributed by atoms with E-state index in [1.54, 1.807) is 24.3 Å². The van der Waals surface area contributed by atoms with Gasteiger partial charge in [0.15, 0.2) is 0 Å². The molecule has 0 aliphatic heterocycles. The van der Waals surface area contributed by atoms with Crippen molar-refractivity contribution in [3.05, 3.63) is 62.7 Å². The molecule has 6 nitrogen and oxygen atoms in total. The second-order valence-corrected chi connectivity index (χ2v) is 3.89. The summed E-state index contributed by atoms with van der Waals surface area (Å²) in [5.74, 6) is -0.657. The molecule has 0 spiro atoms. The van der Waals surface area contributed by atoms with Crippen molar-refractivity contribution in [1.82, 2.24) is 9.55 Å². The van der Waals surface area contributed by atoms with E-state index in [4.69, 9.17) is 10.00 Å². The lowest BCUT2D eigenvalue weighted by Gasteiger charge is -2.08. The third-order valence-corrected chi connectivity index (χ3v) is 2.56. The lowest BCUT2D eigenvalue weighted by atomic mass is 10.2. The molecular weight excluding hydrogens is 265 g/mol. The summed E-state index contributed by atoms with van der Waals surface area (Å²) in [6.07, 6.45) is 0.820. The van der Waals surface area contributed by atoms with Gasteiger partial charge in [-0.3, -0.25) is 14.3 Å². The first kappa shape index (κ1) is 13.5. The van der Waals surface area contributed by atoms with E-state index in [1.165, 1.54) is 0 Å². The van der Waals surface area contributed by atoms with E-state index in [2.05, 4.69) is 0 Å². The number of hydrogen-bond donors (Lipinski definition) is 1. The highest BCUT2D eigenvalue weighted by atomic mass is 19.1. The Morgan fingerprint density at radius 3 is 2.85 bits per heavy atom. The fourth-order valence-electron chi connectivity index (χ4n) is 1.59. The Balaban J connectivity index is 2.07. The highest BCUT2D eigenvalue weighted by molar-refractivity contribution is 5.42. The van der Waals surface area contributed by atoms with Crippen LogP contribution in [0.15, 0.2) is 40.1 Å². The van der Waals surface area contributed by atoms with Crippen LogP contribution in [0.25, 0.3) is 0 Å². The van der Waals surface area contributed by atoms with Gasteiger partial charge in [0.05, 0.1) is 18.3 Å². The van der Waals surface area contributed by atoms with E-state index in [0.29, 0.717) is 11.3 Å². The molecule has 1 aromatic heterocycles. The molecular formula is C13H10FN3O3. The zero-order chi connectivity index (χ0) is 14.5. The number of aromatic nitrogens is 2. The number of nitrogens with one attached hydrogen (secondary N) is 1. The van der Waals surface area contributed by atoms with Crippen LogP contribution in [0.2, 0.25) is 0 Å². The average Bonchev–Trinajstić information content (AvgIpc) is 2.45. The van der Waals surface area contributed by atoms with E-state index in [0.717, 1.165) is 10.8 Å². The molecule has 0 fully saturated rings. The summed E-state index contributed by atoms with van der Waals surface area (Å²) in [4.78, 5) is 24.1. The number of aromatic amines is 1. The molecule has 7 heteroatoms. The number of rotatable bonds is 4. The molecule has 0 atom stereocenters. The molecule has 0 unspecified atom stereocenters. The minimum absolute atomic E-state index is 0.0479. The van der Waals surface area contributed by atoms with Crippen molar-refractivity contribution >= 4 is 0 Å². The standard InChI is InChI=1S/C13H10FN3O3/c14-10-8-17(13(19)16-12(10)18)5-6-20-11-4-2-1-3-9(11)7-15/h1-4,8H,5-6H2,(H,16,18,19). The molecule has 1 aromatic carbocycles. The highest BCUT2D eigenvalue weighted by Crippen LogP contribution is 2.16. The van der Waals surface area contributed by atoms with Crippen molar-refractivity contribution in [2.45, 2.75) is 6.54 Å². The quantitative estimate of drug-likeness (QED) is 0.886. The van der Waals surface area contributed by atoms with Crippen molar-refractivity contribution < 1.29 is 9.13 Å². The van der Waals surface area contributed by atoms with Crippen LogP contribution >= 0.6 is 0 Å². The van der Waals surface area contributed by atoms with Gasteiger partial charge in [0.25, 0.3) is 5.56 Å². The summed E-state index contributed by atoms with van der Waals surface area (Å²) in [7, 11) is 0. The summed E-state index contributed by atoms with van der Waals surface area (Å²) in [5.41, 5.74) is -1.40. The van der Waals surface area contributed by atoms with Gasteiger partial charge >= 0.3 is 5.69 Å². The van der Waals surface area contributed by atoms with E-state index in [1.807, 2.05) is 11.1 Å². The number of nitriles is 1. The Hall–Kier alpha value is -2.88. The molecule has 0 aliphatic rings. The third-order valence-electron chi connectivity index (χ3n) is 2.56. The van der Waals surface area contributed by atoms with Crippen molar-refractivity contribution in [2.24, 2.45) is 0 Å². The SMILES string of the molecule is N#Cc1ccccc1OCCn1cc(F)c(=O)[nH]c1=O. The van der Waals surface area contributed by atoms with Gasteiger partial charge in [0.2, 0.25) is 5.82 Å². The zero-order valence-corrected chi connectivity index (χ0v) is 10.3. The van der Waals surface area contributed by atoms with E-state index in [9.17, 15) is 14.0 Å². The van der Waals surface area contributed by atoms with Crippen molar-refractivity contribution in [3.8, 4) is 11.8 Å². The Labute approximate surface area is 112 Å². The molecule has 1 heterocycles. The summed E-state index contributed by atoms with van der Waals surface area (Å²) >= 11 is 0. The Kier molecular flexibility index (Phi) is 3.96. The summed E-state index contributed by atoms with van der Waals surface area (Å²) in [5, 5.41) is 8.87. The second-order valence-electron chi connectivity index (χ2n) is 3.89. The van der Waals surface area contributed by atoms with Crippen LogP contribution in [0, 0.1) is 17.1 Å². The lowest BCUT2D eigenvalue weighted by Crippen LogP contribution is -2.32. The maximum absolute atomic E-state index is 13.0. The molecule has 0 aliphatic carbocycles. The monoisotopic (exact) mass is 275 g/mol. The first-order valence-electron chi connectivity index (χ1n) is 5.73. The van der Waals surface area contributed by atoms with Crippen LogP contribution in [0.3, 0.4) is 0 Å². The molecule has 102 valence electrons. The number of halogens is 1. The third kappa shape index (κ3) is 2.92. The highest BCUT2D eigenvalue weighted by Gasteiger charge is 2.05. The predicted molar refractivity (Wildman–Crippen MR) is 67.9 cm³/mol. The van der Waals surface area contributed by atoms with Crippen LogP contribution in [0.5, 0.6) is 5.75 Å². The van der Waals surface area contributed by atoms with Gasteiger partial charge in [-0.25, -0.2) is 4.79 Å². The topological polar surface area (TPSA) is 87.9 Å². The van der Waals surface area contributed by atoms with Gasteiger partial charge in [0.1, 0.15) is 18.4 Å². The normalized spacial score (nSPS) is 10.0. The Morgan fingerprint density at radius 2 is 2.10 bits per heavy atom. The Bertz CT molecular complexity index is 773. The van der Waals surface area contributed by atoms with Crippen LogP contribution in [-0.4, -0.2) is 16.2 Å². The number of ether oxygens (including phenoxy) is 1. The number of H-pyrrole nitrogens is 1. The van der Waals surface area contributed by atoms with E-state index < -0.39 is 17.1 Å². The molecule has 0 radical (unpaired) electrons. The molecule has 0 saturated carbocycles. The van der Waals surface area contributed by atoms with Gasteiger partial charge in [0, 0.05) is 0 Å². The fourth-order valence-corrected chi connectivity index (χ4v) is 1.59. The number of benzene rings is 1. The fraction of sp³-hybridized carbons (Fsp3) is 0.154. The van der Waals surface area contributed by atoms with Crippen molar-refractivity contribution in [3.63, 3.8) is 0 Å². The van der Waals surface area contributed by atoms with Crippen LogP contribution in [0.4, 0.5) is 4.39 Å². The number of hydrogen-bond acceptors (Lipinski definition) is 4. The average molecular weight is 275 g/mol. The summed E-state index contributed by atoms with van der Waals surface area (Å²) in [6.45, 7) is 0.108. The van der Waals surface area contributed by atoms with Gasteiger partial charge in [-0.2, -0.15) is 9.65 Å². The van der Waals surface area contributed by atoms with E-state index in [-0.39, 0.29) is 13.2 Å². The van der Waals surface area contributed by atoms with Gasteiger partial charge in [-0.15, -0.1) is 0 Å². The van der Waals surface area contributed by atoms with Crippen LogP contribution < -0.4 is 16.0 Å². The number of nitrogens with zero attached hydrogens (tertiary/aromatic N) is 2. The zero-order valence-electron chi connectivity index (χ0n) is 10.3. The maximum atomic E-state index is 13.0. The van der Waals surface area contributed by atoms with Gasteiger partial charge < -0.3 is 4.74 Å². The summed E-state index contributed by atoms with van der Waals surface area (Å²) < 4.78 is 19.4. The smallest absolute Gasteiger partial charge is 0.328 e. The minimum Gasteiger partial charge on any atom is -0.490 e. The first-order valence-corrected chi connectivity index (χ1v) is 5.73.